The van der Waals surface area contributed by atoms with E-state index in [9.17, 15) is 0 Å². The van der Waals surface area contributed by atoms with Crippen molar-refractivity contribution in [1.29, 1.82) is 0 Å². The molecule has 2 atom stereocenters. The van der Waals surface area contributed by atoms with Crippen LogP contribution in [0.3, 0.4) is 0 Å². The number of nitrogens with zero attached hydrogens (tertiary/aromatic N) is 2. The third kappa shape index (κ3) is 3.23. The highest BCUT2D eigenvalue weighted by molar-refractivity contribution is 7.05. The number of ether oxygens (including phenoxy) is 1. The number of aromatic nitrogens is 2. The highest BCUT2D eigenvalue weighted by Gasteiger charge is 2.22. The third-order valence-electron chi connectivity index (χ3n) is 2.78. The van der Waals surface area contributed by atoms with Crippen LogP contribution in [0.25, 0.3) is 0 Å². The average Bonchev–Trinajstić information content (AvgIpc) is 2.73. The summed E-state index contributed by atoms with van der Waals surface area (Å²) in [5.41, 5.74) is 7.28. The van der Waals surface area contributed by atoms with Gasteiger partial charge >= 0.3 is 0 Å². The third-order valence-corrected chi connectivity index (χ3v) is 3.62. The summed E-state index contributed by atoms with van der Waals surface area (Å²) in [7, 11) is 1.71. The maximum Gasteiger partial charge on any atom is 0.0829 e. The largest absolute Gasteiger partial charge is 0.385 e. The van der Waals surface area contributed by atoms with E-state index < -0.39 is 0 Å². The molecule has 0 aliphatic carbocycles. The van der Waals surface area contributed by atoms with Crippen molar-refractivity contribution in [3.05, 3.63) is 10.6 Å². The molecule has 0 spiro atoms. The molecule has 0 fully saturated rings. The molecule has 2 N–H and O–H groups in total. The Morgan fingerprint density at radius 3 is 2.62 bits per heavy atom. The Balaban J connectivity index is 2.71. The van der Waals surface area contributed by atoms with Gasteiger partial charge in [0.2, 0.25) is 0 Å². The summed E-state index contributed by atoms with van der Waals surface area (Å²) in [6.45, 7) is 7.13. The second-order valence-corrected chi connectivity index (χ2v) is 5.25. The fourth-order valence-corrected chi connectivity index (χ4v) is 2.52. The lowest BCUT2D eigenvalue weighted by Crippen LogP contribution is -2.20. The van der Waals surface area contributed by atoms with Gasteiger partial charge in [0, 0.05) is 19.8 Å². The van der Waals surface area contributed by atoms with Crippen molar-refractivity contribution in [2.75, 3.05) is 13.7 Å². The highest BCUT2D eigenvalue weighted by Crippen LogP contribution is 2.30. The SMILES string of the molecule is COCCC(C)C(N)c1snnc1C(C)C. The molecule has 1 heterocycles. The second kappa shape index (κ2) is 6.27. The van der Waals surface area contributed by atoms with Gasteiger partial charge in [-0.3, -0.25) is 0 Å². The molecule has 5 heteroatoms. The average molecular weight is 243 g/mol. The van der Waals surface area contributed by atoms with Gasteiger partial charge in [-0.05, 0) is 29.8 Å². The minimum Gasteiger partial charge on any atom is -0.385 e. The van der Waals surface area contributed by atoms with Crippen molar-refractivity contribution in [2.24, 2.45) is 11.7 Å². The number of rotatable bonds is 6. The molecular weight excluding hydrogens is 222 g/mol. The Labute approximate surface area is 101 Å². The molecule has 1 aromatic rings. The topological polar surface area (TPSA) is 61.0 Å². The van der Waals surface area contributed by atoms with Crippen LogP contribution in [0.5, 0.6) is 0 Å². The summed E-state index contributed by atoms with van der Waals surface area (Å²) in [5, 5.41) is 4.16. The lowest BCUT2D eigenvalue weighted by molar-refractivity contribution is 0.175. The Kier molecular flexibility index (Phi) is 5.31. The Morgan fingerprint density at radius 2 is 2.06 bits per heavy atom. The first-order chi connectivity index (χ1) is 7.57. The van der Waals surface area contributed by atoms with Crippen LogP contribution in [0.15, 0.2) is 0 Å². The van der Waals surface area contributed by atoms with Crippen molar-refractivity contribution < 1.29 is 4.74 Å². The van der Waals surface area contributed by atoms with E-state index in [1.807, 2.05) is 0 Å². The Morgan fingerprint density at radius 1 is 1.38 bits per heavy atom. The van der Waals surface area contributed by atoms with E-state index >= 15 is 0 Å². The lowest BCUT2D eigenvalue weighted by Gasteiger charge is -2.19. The molecule has 1 aromatic heterocycles. The van der Waals surface area contributed by atoms with Gasteiger partial charge in [0.25, 0.3) is 0 Å². The van der Waals surface area contributed by atoms with E-state index in [-0.39, 0.29) is 6.04 Å². The zero-order valence-corrected chi connectivity index (χ0v) is 11.3. The molecule has 0 bridgehead atoms. The molecule has 0 saturated carbocycles. The molecule has 0 aliphatic heterocycles. The summed E-state index contributed by atoms with van der Waals surface area (Å²) in [6, 6.07) is 0.0209. The van der Waals surface area contributed by atoms with E-state index in [0.29, 0.717) is 11.8 Å². The molecule has 1 rings (SSSR count). The van der Waals surface area contributed by atoms with Crippen LogP contribution in [0.1, 0.15) is 49.7 Å². The molecule has 0 aliphatic rings. The standard InChI is InChI=1S/C11H21N3OS/c1-7(2)10-11(16-14-13-10)9(12)8(3)5-6-15-4/h7-9H,5-6,12H2,1-4H3. The zero-order chi connectivity index (χ0) is 12.1. The van der Waals surface area contributed by atoms with Crippen LogP contribution in [-0.4, -0.2) is 23.3 Å². The minimum absolute atomic E-state index is 0.0209. The molecule has 0 saturated heterocycles. The Bertz CT molecular complexity index is 314. The van der Waals surface area contributed by atoms with Crippen LogP contribution >= 0.6 is 11.5 Å². The maximum absolute atomic E-state index is 6.24. The summed E-state index contributed by atoms with van der Waals surface area (Å²) in [5.74, 6) is 0.772. The molecular formula is C11H21N3OS. The van der Waals surface area contributed by atoms with Gasteiger partial charge in [-0.25, -0.2) is 0 Å². The fourth-order valence-electron chi connectivity index (χ4n) is 1.58. The quantitative estimate of drug-likeness (QED) is 0.833. The summed E-state index contributed by atoms with van der Waals surface area (Å²) < 4.78 is 9.08. The van der Waals surface area contributed by atoms with E-state index in [4.69, 9.17) is 10.5 Å². The van der Waals surface area contributed by atoms with Gasteiger partial charge in [-0.1, -0.05) is 25.3 Å². The second-order valence-electron chi connectivity index (χ2n) is 4.46. The van der Waals surface area contributed by atoms with Crippen molar-refractivity contribution in [2.45, 2.75) is 39.2 Å². The lowest BCUT2D eigenvalue weighted by atomic mass is 9.95. The van der Waals surface area contributed by atoms with E-state index in [0.717, 1.165) is 23.6 Å². The Hall–Kier alpha value is -0.520. The number of hydrogen-bond donors (Lipinski definition) is 1. The zero-order valence-electron chi connectivity index (χ0n) is 10.4. The first-order valence-electron chi connectivity index (χ1n) is 5.64. The molecule has 16 heavy (non-hydrogen) atoms. The van der Waals surface area contributed by atoms with Crippen molar-refractivity contribution in [1.82, 2.24) is 9.59 Å². The summed E-state index contributed by atoms with van der Waals surface area (Å²) >= 11 is 1.42. The van der Waals surface area contributed by atoms with Crippen LogP contribution in [0.4, 0.5) is 0 Å². The van der Waals surface area contributed by atoms with E-state index in [1.54, 1.807) is 7.11 Å². The van der Waals surface area contributed by atoms with Gasteiger partial charge in [0.1, 0.15) is 0 Å². The molecule has 4 nitrogen and oxygen atoms in total. The first-order valence-corrected chi connectivity index (χ1v) is 6.41. The predicted molar refractivity (Wildman–Crippen MR) is 66.6 cm³/mol. The van der Waals surface area contributed by atoms with Crippen LogP contribution < -0.4 is 5.73 Å². The fraction of sp³-hybridized carbons (Fsp3) is 0.818. The number of methoxy groups -OCH3 is 1. The van der Waals surface area contributed by atoms with Crippen LogP contribution in [-0.2, 0) is 4.74 Å². The minimum atomic E-state index is 0.0209. The van der Waals surface area contributed by atoms with Crippen molar-refractivity contribution >= 4 is 11.5 Å². The van der Waals surface area contributed by atoms with Gasteiger partial charge in [-0.15, -0.1) is 5.10 Å². The van der Waals surface area contributed by atoms with Crippen LogP contribution in [0.2, 0.25) is 0 Å². The first kappa shape index (κ1) is 13.5. The summed E-state index contributed by atoms with van der Waals surface area (Å²) in [4.78, 5) is 1.12. The van der Waals surface area contributed by atoms with Gasteiger partial charge in [-0.2, -0.15) is 0 Å². The number of hydrogen-bond acceptors (Lipinski definition) is 5. The van der Waals surface area contributed by atoms with Crippen LogP contribution in [0, 0.1) is 5.92 Å². The smallest absolute Gasteiger partial charge is 0.0829 e. The predicted octanol–water partition coefficient (Wildman–Crippen LogP) is 2.33. The maximum atomic E-state index is 6.24. The normalized spacial score (nSPS) is 15.4. The molecule has 2 unspecified atom stereocenters. The molecule has 0 amide bonds. The van der Waals surface area contributed by atoms with Gasteiger partial charge < -0.3 is 10.5 Å². The molecule has 92 valence electrons. The van der Waals surface area contributed by atoms with E-state index in [2.05, 4.69) is 30.4 Å². The van der Waals surface area contributed by atoms with Crippen molar-refractivity contribution in [3.63, 3.8) is 0 Å². The summed E-state index contributed by atoms with van der Waals surface area (Å²) in [6.07, 6.45) is 0.965. The van der Waals surface area contributed by atoms with Gasteiger partial charge in [0.05, 0.1) is 10.6 Å². The van der Waals surface area contributed by atoms with E-state index in [1.165, 1.54) is 11.5 Å². The van der Waals surface area contributed by atoms with Crippen molar-refractivity contribution in [3.8, 4) is 0 Å². The molecule has 0 aromatic carbocycles. The molecule has 0 radical (unpaired) electrons. The monoisotopic (exact) mass is 243 g/mol. The highest BCUT2D eigenvalue weighted by atomic mass is 32.1. The van der Waals surface area contributed by atoms with Gasteiger partial charge in [0.15, 0.2) is 0 Å². The number of nitrogens with two attached hydrogens (primary N) is 1.